The molecule has 4 nitrogen and oxygen atoms in total. The van der Waals surface area contributed by atoms with Crippen LogP contribution in [0.1, 0.15) is 19.4 Å². The largest absolute Gasteiger partial charge is 0.486 e. The molecule has 0 spiro atoms. The van der Waals surface area contributed by atoms with Crippen molar-refractivity contribution in [3.8, 4) is 0 Å². The van der Waals surface area contributed by atoms with Gasteiger partial charge in [0.05, 0.1) is 6.61 Å². The van der Waals surface area contributed by atoms with Crippen LogP contribution in [0.3, 0.4) is 0 Å². The van der Waals surface area contributed by atoms with Crippen molar-refractivity contribution in [3.63, 3.8) is 0 Å². The first kappa shape index (κ1) is 15.3. The van der Waals surface area contributed by atoms with Crippen molar-refractivity contribution in [3.05, 3.63) is 60.9 Å². The summed E-state index contributed by atoms with van der Waals surface area (Å²) < 4.78 is 23.8. The fourth-order valence-corrected chi connectivity index (χ4v) is 2.93. The Kier molecular flexibility index (Phi) is 4.08. The van der Waals surface area contributed by atoms with E-state index in [1.54, 1.807) is 6.08 Å². The highest BCUT2D eigenvalue weighted by Crippen LogP contribution is 2.39. The van der Waals surface area contributed by atoms with Gasteiger partial charge in [0, 0.05) is 0 Å². The molecule has 0 unspecified atom stereocenters. The van der Waals surface area contributed by atoms with Crippen LogP contribution in [-0.2, 0) is 25.6 Å². The Hall–Kier alpha value is -1.62. The monoisotopic (exact) mass is 302 g/mol. The molecule has 0 radical (unpaired) electrons. The first-order chi connectivity index (χ1) is 10.5. The lowest BCUT2D eigenvalue weighted by Crippen LogP contribution is -2.50. The van der Waals surface area contributed by atoms with E-state index in [1.165, 1.54) is 0 Å². The molecule has 2 heterocycles. The number of rotatable bonds is 4. The van der Waals surface area contributed by atoms with E-state index in [4.69, 9.17) is 18.9 Å². The van der Waals surface area contributed by atoms with E-state index in [0.717, 1.165) is 5.56 Å². The third-order valence-electron chi connectivity index (χ3n) is 3.90. The summed E-state index contributed by atoms with van der Waals surface area (Å²) >= 11 is 0. The molecule has 1 aromatic rings. The molecule has 2 saturated heterocycles. The molecule has 0 saturated carbocycles. The SMILES string of the molecule is C=C[C@H]1OC(=C)[C@@H](OCc2ccccc2)[C@@H]2OC(C)(C)O[C@@H]21. The summed E-state index contributed by atoms with van der Waals surface area (Å²) in [7, 11) is 0. The highest BCUT2D eigenvalue weighted by molar-refractivity contribution is 5.16. The van der Waals surface area contributed by atoms with Crippen molar-refractivity contribution in [1.82, 2.24) is 0 Å². The van der Waals surface area contributed by atoms with Gasteiger partial charge in [-0.25, -0.2) is 0 Å². The van der Waals surface area contributed by atoms with Crippen molar-refractivity contribution in [2.45, 2.75) is 50.7 Å². The third-order valence-corrected chi connectivity index (χ3v) is 3.90. The van der Waals surface area contributed by atoms with Gasteiger partial charge in [0.15, 0.2) is 5.79 Å². The quantitative estimate of drug-likeness (QED) is 0.800. The van der Waals surface area contributed by atoms with E-state index in [-0.39, 0.29) is 24.4 Å². The Morgan fingerprint density at radius 1 is 1.18 bits per heavy atom. The van der Waals surface area contributed by atoms with Crippen molar-refractivity contribution in [2.24, 2.45) is 0 Å². The molecule has 4 heteroatoms. The first-order valence-corrected chi connectivity index (χ1v) is 7.49. The highest BCUT2D eigenvalue weighted by Gasteiger charge is 2.53. The predicted octanol–water partition coefficient (Wildman–Crippen LogP) is 3.19. The van der Waals surface area contributed by atoms with Crippen LogP contribution in [0.25, 0.3) is 0 Å². The Labute approximate surface area is 131 Å². The number of fused-ring (bicyclic) bond motifs is 1. The van der Waals surface area contributed by atoms with Gasteiger partial charge in [0.1, 0.15) is 30.2 Å². The molecule has 3 rings (SSSR count). The summed E-state index contributed by atoms with van der Waals surface area (Å²) in [5.74, 6) is -0.109. The molecule has 4 atom stereocenters. The van der Waals surface area contributed by atoms with Gasteiger partial charge in [-0.2, -0.15) is 0 Å². The molecule has 0 N–H and O–H groups in total. The van der Waals surface area contributed by atoms with Gasteiger partial charge in [0.2, 0.25) is 0 Å². The average molecular weight is 302 g/mol. The minimum absolute atomic E-state index is 0.237. The Morgan fingerprint density at radius 2 is 1.86 bits per heavy atom. The van der Waals surface area contributed by atoms with Gasteiger partial charge < -0.3 is 18.9 Å². The molecule has 0 aliphatic carbocycles. The third kappa shape index (κ3) is 2.95. The van der Waals surface area contributed by atoms with Crippen molar-refractivity contribution in [1.29, 1.82) is 0 Å². The van der Waals surface area contributed by atoms with Crippen LogP contribution < -0.4 is 0 Å². The minimum atomic E-state index is -0.668. The molecule has 0 aromatic heterocycles. The second-order valence-electron chi connectivity index (χ2n) is 6.07. The Bertz CT molecular complexity index is 551. The van der Waals surface area contributed by atoms with Crippen LogP contribution in [0, 0.1) is 0 Å². The van der Waals surface area contributed by atoms with Crippen molar-refractivity contribution >= 4 is 0 Å². The molecular formula is C18H22O4. The lowest BCUT2D eigenvalue weighted by Gasteiger charge is -2.37. The Morgan fingerprint density at radius 3 is 2.55 bits per heavy atom. The first-order valence-electron chi connectivity index (χ1n) is 7.49. The number of hydrogen-bond acceptors (Lipinski definition) is 4. The number of ether oxygens (including phenoxy) is 4. The van der Waals surface area contributed by atoms with Gasteiger partial charge >= 0.3 is 0 Å². The van der Waals surface area contributed by atoms with E-state index in [2.05, 4.69) is 13.2 Å². The molecule has 2 aliphatic rings. The molecule has 0 amide bonds. The maximum absolute atomic E-state index is 6.02. The van der Waals surface area contributed by atoms with Crippen LogP contribution in [0.4, 0.5) is 0 Å². The van der Waals surface area contributed by atoms with E-state index in [0.29, 0.717) is 12.4 Å². The predicted molar refractivity (Wildman–Crippen MR) is 83.1 cm³/mol. The van der Waals surface area contributed by atoms with Gasteiger partial charge in [-0.05, 0) is 25.5 Å². The summed E-state index contributed by atoms with van der Waals surface area (Å²) in [6.07, 6.45) is 0.613. The zero-order valence-corrected chi connectivity index (χ0v) is 13.0. The topological polar surface area (TPSA) is 36.9 Å². The second kappa shape index (κ2) is 5.88. The van der Waals surface area contributed by atoms with Crippen molar-refractivity contribution < 1.29 is 18.9 Å². The van der Waals surface area contributed by atoms with E-state index < -0.39 is 5.79 Å². The van der Waals surface area contributed by atoms with Crippen LogP contribution in [0.5, 0.6) is 0 Å². The highest BCUT2D eigenvalue weighted by atomic mass is 16.8. The summed E-state index contributed by atoms with van der Waals surface area (Å²) in [6, 6.07) is 9.99. The zero-order chi connectivity index (χ0) is 15.7. The summed E-state index contributed by atoms with van der Waals surface area (Å²) in [4.78, 5) is 0. The molecule has 2 fully saturated rings. The maximum atomic E-state index is 6.02. The molecule has 2 aliphatic heterocycles. The summed E-state index contributed by atoms with van der Waals surface area (Å²) in [6.45, 7) is 12.0. The molecule has 0 bridgehead atoms. The van der Waals surface area contributed by atoms with Gasteiger partial charge in [-0.3, -0.25) is 0 Å². The minimum Gasteiger partial charge on any atom is -0.486 e. The van der Waals surface area contributed by atoms with E-state index in [9.17, 15) is 0 Å². The smallest absolute Gasteiger partial charge is 0.164 e. The standard InChI is InChI=1S/C18H22O4/c1-5-14-16-17(22-18(3,4)21-16)15(12(2)20-14)19-11-13-9-7-6-8-10-13/h5-10,14-17H,1-2,11H2,3-4H3/t14-,15-,16-,17+/m1/s1. The van der Waals surface area contributed by atoms with E-state index >= 15 is 0 Å². The molecule has 118 valence electrons. The van der Waals surface area contributed by atoms with Crippen molar-refractivity contribution in [2.75, 3.05) is 0 Å². The summed E-state index contributed by atoms with van der Waals surface area (Å²) in [5, 5.41) is 0. The lowest BCUT2D eigenvalue weighted by atomic mass is 9.98. The van der Waals surface area contributed by atoms with Gasteiger partial charge in [-0.15, -0.1) is 0 Å². The second-order valence-corrected chi connectivity index (χ2v) is 6.07. The van der Waals surface area contributed by atoms with Crippen LogP contribution in [0.2, 0.25) is 0 Å². The lowest BCUT2D eigenvalue weighted by molar-refractivity contribution is -0.155. The maximum Gasteiger partial charge on any atom is 0.164 e. The molecule has 1 aromatic carbocycles. The number of hydrogen-bond donors (Lipinski definition) is 0. The zero-order valence-electron chi connectivity index (χ0n) is 13.0. The Balaban J connectivity index is 1.75. The van der Waals surface area contributed by atoms with Gasteiger partial charge in [0.25, 0.3) is 0 Å². The molecule has 22 heavy (non-hydrogen) atoms. The fraction of sp³-hybridized carbons (Fsp3) is 0.444. The molecular weight excluding hydrogens is 280 g/mol. The average Bonchev–Trinajstić information content (AvgIpc) is 2.82. The van der Waals surface area contributed by atoms with Crippen LogP contribution >= 0.6 is 0 Å². The van der Waals surface area contributed by atoms with Gasteiger partial charge in [-0.1, -0.05) is 43.5 Å². The normalized spacial score (nSPS) is 33.1. The van der Waals surface area contributed by atoms with Crippen LogP contribution in [-0.4, -0.2) is 30.2 Å². The summed E-state index contributed by atoms with van der Waals surface area (Å²) in [5.41, 5.74) is 1.09. The fourth-order valence-electron chi connectivity index (χ4n) is 2.93. The van der Waals surface area contributed by atoms with Crippen LogP contribution in [0.15, 0.2) is 55.3 Å². The van der Waals surface area contributed by atoms with E-state index in [1.807, 2.05) is 44.2 Å². The number of benzene rings is 1.